The zero-order chi connectivity index (χ0) is 8.55. The van der Waals surface area contributed by atoms with E-state index in [0.717, 1.165) is 25.7 Å². The van der Waals surface area contributed by atoms with Crippen LogP contribution in [0.1, 0.15) is 32.1 Å². The number of piperidine rings is 1. The second kappa shape index (κ2) is 2.88. The molecule has 3 heteroatoms. The van der Waals surface area contributed by atoms with Crippen LogP contribution in [0.3, 0.4) is 0 Å². The molecule has 1 aliphatic heterocycles. The topological polar surface area (TPSA) is 46.2 Å². The summed E-state index contributed by atoms with van der Waals surface area (Å²) in [7, 11) is 0. The average molecular weight is 167 g/mol. The van der Waals surface area contributed by atoms with Gasteiger partial charge >= 0.3 is 0 Å². The van der Waals surface area contributed by atoms with Gasteiger partial charge in [0.25, 0.3) is 0 Å². The summed E-state index contributed by atoms with van der Waals surface area (Å²) < 4.78 is 0. The first kappa shape index (κ1) is 7.77. The van der Waals surface area contributed by atoms with Crippen molar-refractivity contribution in [3.05, 3.63) is 0 Å². The van der Waals surface area contributed by atoms with E-state index in [2.05, 4.69) is 5.32 Å². The Bertz CT molecular complexity index is 225. The molecule has 1 saturated heterocycles. The van der Waals surface area contributed by atoms with Crippen LogP contribution < -0.4 is 5.32 Å². The minimum Gasteiger partial charge on any atom is -0.353 e. The molecule has 0 bridgehead atoms. The molecular weight excluding hydrogens is 154 g/mol. The lowest BCUT2D eigenvalue weighted by atomic mass is 9.78. The molecular formula is C9H13NO2. The van der Waals surface area contributed by atoms with E-state index in [1.54, 1.807) is 0 Å². The van der Waals surface area contributed by atoms with Gasteiger partial charge in [-0.3, -0.25) is 9.59 Å². The van der Waals surface area contributed by atoms with Gasteiger partial charge in [-0.1, -0.05) is 0 Å². The molecule has 1 amide bonds. The molecule has 0 spiro atoms. The van der Waals surface area contributed by atoms with Crippen molar-refractivity contribution in [1.29, 1.82) is 0 Å². The maximum absolute atomic E-state index is 11.4. The smallest absolute Gasteiger partial charge is 0.220 e. The van der Waals surface area contributed by atoms with Crippen LogP contribution in [0.25, 0.3) is 0 Å². The molecule has 1 heterocycles. The molecule has 0 aromatic rings. The van der Waals surface area contributed by atoms with Crippen LogP contribution in [0.4, 0.5) is 0 Å². The Kier molecular flexibility index (Phi) is 1.87. The van der Waals surface area contributed by atoms with Gasteiger partial charge in [-0.2, -0.15) is 0 Å². The average Bonchev–Trinajstić information content (AvgIpc) is 2.04. The summed E-state index contributed by atoms with van der Waals surface area (Å²) in [6.07, 6.45) is 3.96. The van der Waals surface area contributed by atoms with Gasteiger partial charge in [0, 0.05) is 24.8 Å². The molecule has 0 radical (unpaired) electrons. The summed E-state index contributed by atoms with van der Waals surface area (Å²) in [4.78, 5) is 22.4. The van der Waals surface area contributed by atoms with Crippen molar-refractivity contribution in [3.63, 3.8) is 0 Å². The largest absolute Gasteiger partial charge is 0.353 e. The minimum absolute atomic E-state index is 0.117. The number of carbonyl (C=O) groups excluding carboxylic acids is 2. The molecule has 1 saturated carbocycles. The van der Waals surface area contributed by atoms with Crippen LogP contribution in [0.5, 0.6) is 0 Å². The number of Topliss-reactive ketones (excluding diaryl/α,β-unsaturated/α-hetero) is 1. The predicted molar refractivity (Wildman–Crippen MR) is 43.5 cm³/mol. The zero-order valence-corrected chi connectivity index (χ0v) is 7.01. The maximum atomic E-state index is 11.4. The first-order valence-electron chi connectivity index (χ1n) is 4.59. The van der Waals surface area contributed by atoms with Crippen molar-refractivity contribution in [2.75, 3.05) is 0 Å². The van der Waals surface area contributed by atoms with E-state index in [4.69, 9.17) is 0 Å². The third kappa shape index (κ3) is 1.24. The fraction of sp³-hybridized carbons (Fsp3) is 0.778. The molecule has 0 aromatic carbocycles. The molecule has 2 fully saturated rings. The molecule has 12 heavy (non-hydrogen) atoms. The number of rotatable bonds is 0. The van der Waals surface area contributed by atoms with Gasteiger partial charge in [0.1, 0.15) is 5.78 Å². The lowest BCUT2D eigenvalue weighted by Crippen LogP contribution is -2.49. The first-order valence-corrected chi connectivity index (χ1v) is 4.59. The van der Waals surface area contributed by atoms with Crippen LogP contribution in [0.2, 0.25) is 0 Å². The monoisotopic (exact) mass is 167 g/mol. The fourth-order valence-electron chi connectivity index (χ4n) is 2.21. The van der Waals surface area contributed by atoms with E-state index in [-0.39, 0.29) is 17.9 Å². The molecule has 1 aliphatic carbocycles. The van der Waals surface area contributed by atoms with E-state index in [1.165, 1.54) is 0 Å². The van der Waals surface area contributed by atoms with E-state index in [1.807, 2.05) is 0 Å². The summed E-state index contributed by atoms with van der Waals surface area (Å²) in [6, 6.07) is 0.160. The highest BCUT2D eigenvalue weighted by atomic mass is 16.2. The molecule has 1 N–H and O–H groups in total. The van der Waals surface area contributed by atoms with Crippen molar-refractivity contribution >= 4 is 11.7 Å². The van der Waals surface area contributed by atoms with Crippen molar-refractivity contribution in [1.82, 2.24) is 5.32 Å². The molecule has 2 rings (SSSR count). The molecule has 0 aromatic heterocycles. The van der Waals surface area contributed by atoms with Gasteiger partial charge in [0.15, 0.2) is 0 Å². The van der Waals surface area contributed by atoms with Crippen LogP contribution in [-0.4, -0.2) is 17.7 Å². The Hall–Kier alpha value is -0.860. The van der Waals surface area contributed by atoms with Crippen molar-refractivity contribution in [2.45, 2.75) is 38.1 Å². The van der Waals surface area contributed by atoms with E-state index in [0.29, 0.717) is 12.2 Å². The Labute approximate surface area is 71.5 Å². The minimum atomic E-state index is 0.117. The molecule has 2 atom stereocenters. The third-order valence-electron chi connectivity index (χ3n) is 2.87. The SMILES string of the molecule is O=C1CC[C@H]2C(=O)CCC[C@@H]2N1. The van der Waals surface area contributed by atoms with Crippen molar-refractivity contribution < 1.29 is 9.59 Å². The molecule has 0 unspecified atom stereocenters. The number of nitrogens with one attached hydrogen (secondary N) is 1. The number of ketones is 1. The first-order chi connectivity index (χ1) is 5.77. The van der Waals surface area contributed by atoms with E-state index >= 15 is 0 Å². The van der Waals surface area contributed by atoms with Crippen LogP contribution in [0.15, 0.2) is 0 Å². The van der Waals surface area contributed by atoms with Crippen LogP contribution >= 0.6 is 0 Å². The molecule has 2 aliphatic rings. The zero-order valence-electron chi connectivity index (χ0n) is 7.01. The standard InChI is InChI=1S/C9H13NO2/c11-8-3-1-2-7-6(8)4-5-9(12)10-7/h6-7H,1-5H2,(H,10,12)/t6-,7+/m1/s1. The molecule has 3 nitrogen and oxygen atoms in total. The summed E-state index contributed by atoms with van der Waals surface area (Å²) in [5.74, 6) is 0.605. The van der Waals surface area contributed by atoms with E-state index < -0.39 is 0 Å². The number of amides is 1. The quantitative estimate of drug-likeness (QED) is 0.575. The Balaban J connectivity index is 2.09. The lowest BCUT2D eigenvalue weighted by Gasteiger charge is -2.34. The van der Waals surface area contributed by atoms with Crippen LogP contribution in [0, 0.1) is 5.92 Å². The van der Waals surface area contributed by atoms with Gasteiger partial charge < -0.3 is 5.32 Å². The highest BCUT2D eigenvalue weighted by Crippen LogP contribution is 2.27. The highest BCUT2D eigenvalue weighted by Gasteiger charge is 2.35. The summed E-state index contributed by atoms with van der Waals surface area (Å²) in [5.41, 5.74) is 0. The Morgan fingerprint density at radius 3 is 2.83 bits per heavy atom. The molecule has 66 valence electrons. The number of hydrogen-bond acceptors (Lipinski definition) is 2. The number of carbonyl (C=O) groups is 2. The summed E-state index contributed by atoms with van der Waals surface area (Å²) >= 11 is 0. The Morgan fingerprint density at radius 2 is 2.00 bits per heavy atom. The van der Waals surface area contributed by atoms with Crippen molar-refractivity contribution in [3.8, 4) is 0 Å². The van der Waals surface area contributed by atoms with Gasteiger partial charge in [0.05, 0.1) is 0 Å². The summed E-state index contributed by atoms with van der Waals surface area (Å²) in [6.45, 7) is 0. The Morgan fingerprint density at radius 1 is 1.17 bits per heavy atom. The van der Waals surface area contributed by atoms with Crippen molar-refractivity contribution in [2.24, 2.45) is 5.92 Å². The van der Waals surface area contributed by atoms with Gasteiger partial charge in [-0.25, -0.2) is 0 Å². The fourth-order valence-corrected chi connectivity index (χ4v) is 2.21. The third-order valence-corrected chi connectivity index (χ3v) is 2.87. The van der Waals surface area contributed by atoms with Gasteiger partial charge in [-0.15, -0.1) is 0 Å². The normalized spacial score (nSPS) is 35.7. The predicted octanol–water partition coefficient (Wildman–Crippen LogP) is 0.634. The van der Waals surface area contributed by atoms with E-state index in [9.17, 15) is 9.59 Å². The van der Waals surface area contributed by atoms with Crippen LogP contribution in [-0.2, 0) is 9.59 Å². The van der Waals surface area contributed by atoms with Gasteiger partial charge in [0.2, 0.25) is 5.91 Å². The maximum Gasteiger partial charge on any atom is 0.220 e. The van der Waals surface area contributed by atoms with Gasteiger partial charge in [-0.05, 0) is 19.3 Å². The summed E-state index contributed by atoms with van der Waals surface area (Å²) in [5, 5.41) is 2.89. The second-order valence-corrected chi connectivity index (χ2v) is 3.68. The lowest BCUT2D eigenvalue weighted by molar-refractivity contribution is -0.131. The number of hydrogen-bond donors (Lipinski definition) is 1. The second-order valence-electron chi connectivity index (χ2n) is 3.68. The highest BCUT2D eigenvalue weighted by molar-refractivity contribution is 5.86. The number of fused-ring (bicyclic) bond motifs is 1.